The highest BCUT2D eigenvalue weighted by atomic mass is 32.1. The Labute approximate surface area is 92.0 Å². The maximum Gasteiger partial charge on any atom is 0.110 e. The number of aromatic nitrogens is 1. The lowest BCUT2D eigenvalue weighted by molar-refractivity contribution is 0.505. The van der Waals surface area contributed by atoms with Crippen molar-refractivity contribution in [3.63, 3.8) is 0 Å². The van der Waals surface area contributed by atoms with Crippen LogP contribution in [0.1, 0.15) is 16.5 Å². The van der Waals surface area contributed by atoms with Gasteiger partial charge in [0.25, 0.3) is 0 Å². The van der Waals surface area contributed by atoms with E-state index in [-0.39, 0.29) is 0 Å². The van der Waals surface area contributed by atoms with Crippen LogP contribution in [0, 0.1) is 25.2 Å². The van der Waals surface area contributed by atoms with Crippen molar-refractivity contribution < 1.29 is 4.42 Å². The van der Waals surface area contributed by atoms with Gasteiger partial charge in [0, 0.05) is 10.9 Å². The molecule has 4 heteroatoms. The molecular formula is C11H10N2OS. The van der Waals surface area contributed by atoms with Gasteiger partial charge in [0.05, 0.1) is 18.2 Å². The van der Waals surface area contributed by atoms with E-state index >= 15 is 0 Å². The molecule has 0 saturated carbocycles. The molecule has 3 nitrogen and oxygen atoms in total. The molecular weight excluding hydrogens is 208 g/mol. The fourth-order valence-electron chi connectivity index (χ4n) is 1.47. The van der Waals surface area contributed by atoms with E-state index in [1.54, 1.807) is 0 Å². The quantitative estimate of drug-likeness (QED) is 0.778. The molecule has 0 radical (unpaired) electrons. The summed E-state index contributed by atoms with van der Waals surface area (Å²) in [6, 6.07) is 4.07. The first-order chi connectivity index (χ1) is 7.20. The molecule has 0 amide bonds. The van der Waals surface area contributed by atoms with Crippen molar-refractivity contribution in [1.82, 2.24) is 4.98 Å². The average Bonchev–Trinajstić information content (AvgIpc) is 2.73. The third-order valence-corrected chi connectivity index (χ3v) is 2.95. The minimum absolute atomic E-state index is 0.376. The second kappa shape index (κ2) is 3.87. The Morgan fingerprint density at radius 1 is 1.53 bits per heavy atom. The summed E-state index contributed by atoms with van der Waals surface area (Å²) in [7, 11) is 0. The largest absolute Gasteiger partial charge is 0.466 e. The molecule has 2 heterocycles. The molecule has 0 aliphatic heterocycles. The summed E-state index contributed by atoms with van der Waals surface area (Å²) >= 11 is 1.51. The Morgan fingerprint density at radius 2 is 2.33 bits per heavy atom. The first-order valence-corrected chi connectivity index (χ1v) is 5.47. The molecule has 2 aromatic heterocycles. The summed E-state index contributed by atoms with van der Waals surface area (Å²) in [5.41, 5.74) is 1.92. The third-order valence-electron chi connectivity index (χ3n) is 2.10. The molecule has 0 fully saturated rings. The first kappa shape index (κ1) is 9.94. The van der Waals surface area contributed by atoms with Crippen molar-refractivity contribution in [2.75, 3.05) is 0 Å². The van der Waals surface area contributed by atoms with Gasteiger partial charge in [-0.05, 0) is 19.9 Å². The minimum atomic E-state index is 0.376. The van der Waals surface area contributed by atoms with E-state index in [9.17, 15) is 0 Å². The van der Waals surface area contributed by atoms with Gasteiger partial charge in [-0.25, -0.2) is 4.98 Å². The molecule has 0 spiro atoms. The van der Waals surface area contributed by atoms with Gasteiger partial charge in [0.2, 0.25) is 0 Å². The van der Waals surface area contributed by atoms with Crippen LogP contribution >= 0.6 is 11.3 Å². The Kier molecular flexibility index (Phi) is 2.57. The lowest BCUT2D eigenvalue weighted by Gasteiger charge is -1.90. The van der Waals surface area contributed by atoms with E-state index in [1.807, 2.05) is 25.3 Å². The highest BCUT2D eigenvalue weighted by Gasteiger charge is 2.10. The summed E-state index contributed by atoms with van der Waals surface area (Å²) in [5.74, 6) is 1.76. The standard InChI is InChI=1S/C11H10N2OS/c1-7-5-9(8(2)14-7)10-6-15-11(13-10)3-4-12/h5-6H,3H2,1-2H3. The Balaban J connectivity index is 2.37. The normalized spacial score (nSPS) is 10.2. The van der Waals surface area contributed by atoms with E-state index < -0.39 is 0 Å². The first-order valence-electron chi connectivity index (χ1n) is 4.59. The average molecular weight is 218 g/mol. The van der Waals surface area contributed by atoms with E-state index in [2.05, 4.69) is 11.1 Å². The van der Waals surface area contributed by atoms with Gasteiger partial charge >= 0.3 is 0 Å². The van der Waals surface area contributed by atoms with Crippen LogP contribution in [0.3, 0.4) is 0 Å². The van der Waals surface area contributed by atoms with Crippen molar-refractivity contribution in [2.24, 2.45) is 0 Å². The summed E-state index contributed by atoms with van der Waals surface area (Å²) in [4.78, 5) is 4.38. The SMILES string of the molecule is Cc1cc(-c2csc(CC#N)n2)c(C)o1. The van der Waals surface area contributed by atoms with Gasteiger partial charge in [-0.1, -0.05) is 0 Å². The topological polar surface area (TPSA) is 49.8 Å². The van der Waals surface area contributed by atoms with Crippen molar-refractivity contribution in [3.05, 3.63) is 28.0 Å². The van der Waals surface area contributed by atoms with E-state index in [4.69, 9.17) is 9.68 Å². The second-order valence-electron chi connectivity index (χ2n) is 3.29. The fourth-order valence-corrected chi connectivity index (χ4v) is 2.19. The highest BCUT2D eigenvalue weighted by molar-refractivity contribution is 7.10. The predicted molar refractivity (Wildman–Crippen MR) is 58.6 cm³/mol. The van der Waals surface area contributed by atoms with Crippen LogP contribution in [0.25, 0.3) is 11.3 Å². The molecule has 0 aliphatic rings. The lowest BCUT2D eigenvalue weighted by Crippen LogP contribution is -1.81. The number of nitrogens with zero attached hydrogens (tertiary/aromatic N) is 2. The number of furan rings is 1. The third kappa shape index (κ3) is 1.92. The molecule has 0 aromatic carbocycles. The zero-order valence-electron chi connectivity index (χ0n) is 8.57. The van der Waals surface area contributed by atoms with Crippen molar-refractivity contribution >= 4 is 11.3 Å². The number of hydrogen-bond donors (Lipinski definition) is 0. The van der Waals surface area contributed by atoms with Crippen LogP contribution in [0.15, 0.2) is 15.9 Å². The zero-order valence-corrected chi connectivity index (χ0v) is 9.39. The molecule has 76 valence electrons. The number of rotatable bonds is 2. The Morgan fingerprint density at radius 3 is 2.93 bits per heavy atom. The molecule has 0 aliphatic carbocycles. The van der Waals surface area contributed by atoms with Crippen LogP contribution in [0.2, 0.25) is 0 Å². The molecule has 0 N–H and O–H groups in total. The second-order valence-corrected chi connectivity index (χ2v) is 4.23. The van der Waals surface area contributed by atoms with Gasteiger partial charge in [-0.15, -0.1) is 11.3 Å². The van der Waals surface area contributed by atoms with E-state index in [1.165, 1.54) is 11.3 Å². The Bertz CT molecular complexity index is 519. The van der Waals surface area contributed by atoms with Crippen LogP contribution in [0.4, 0.5) is 0 Å². The van der Waals surface area contributed by atoms with Crippen LogP contribution in [-0.2, 0) is 6.42 Å². The van der Waals surface area contributed by atoms with E-state index in [0.29, 0.717) is 6.42 Å². The summed E-state index contributed by atoms with van der Waals surface area (Å²) in [6.07, 6.45) is 0.376. The lowest BCUT2D eigenvalue weighted by atomic mass is 10.2. The van der Waals surface area contributed by atoms with Crippen molar-refractivity contribution in [2.45, 2.75) is 20.3 Å². The maximum atomic E-state index is 8.56. The van der Waals surface area contributed by atoms with Gasteiger partial charge in [0.15, 0.2) is 0 Å². The Hall–Kier alpha value is -1.60. The molecule has 2 aromatic rings. The van der Waals surface area contributed by atoms with Crippen molar-refractivity contribution in [1.29, 1.82) is 5.26 Å². The van der Waals surface area contributed by atoms with Crippen LogP contribution in [-0.4, -0.2) is 4.98 Å². The number of nitriles is 1. The summed E-state index contributed by atoms with van der Waals surface area (Å²) in [5, 5.41) is 11.4. The minimum Gasteiger partial charge on any atom is -0.466 e. The van der Waals surface area contributed by atoms with Crippen molar-refractivity contribution in [3.8, 4) is 17.3 Å². The zero-order chi connectivity index (χ0) is 10.8. The van der Waals surface area contributed by atoms with Gasteiger partial charge in [0.1, 0.15) is 16.5 Å². The van der Waals surface area contributed by atoms with Crippen LogP contribution in [0.5, 0.6) is 0 Å². The van der Waals surface area contributed by atoms with Gasteiger partial charge < -0.3 is 4.42 Å². The summed E-state index contributed by atoms with van der Waals surface area (Å²) < 4.78 is 5.44. The fraction of sp³-hybridized carbons (Fsp3) is 0.273. The summed E-state index contributed by atoms with van der Waals surface area (Å²) in [6.45, 7) is 3.84. The monoisotopic (exact) mass is 218 g/mol. The number of hydrogen-bond acceptors (Lipinski definition) is 4. The molecule has 0 atom stereocenters. The van der Waals surface area contributed by atoms with E-state index in [0.717, 1.165) is 27.8 Å². The molecule has 2 rings (SSSR count). The molecule has 0 unspecified atom stereocenters. The van der Waals surface area contributed by atoms with Gasteiger partial charge in [-0.3, -0.25) is 0 Å². The van der Waals surface area contributed by atoms with Crippen LogP contribution < -0.4 is 0 Å². The highest BCUT2D eigenvalue weighted by Crippen LogP contribution is 2.27. The predicted octanol–water partition coefficient (Wildman–Crippen LogP) is 3.09. The van der Waals surface area contributed by atoms with Gasteiger partial charge in [-0.2, -0.15) is 5.26 Å². The number of aryl methyl sites for hydroxylation is 2. The molecule has 0 bridgehead atoms. The maximum absolute atomic E-state index is 8.56. The molecule has 0 saturated heterocycles. The molecule has 15 heavy (non-hydrogen) atoms. The number of thiazole rings is 1. The smallest absolute Gasteiger partial charge is 0.110 e.